The third kappa shape index (κ3) is 1.65. The number of likely N-dealkylation sites (tertiary alicyclic amines) is 1. The van der Waals surface area contributed by atoms with Crippen molar-refractivity contribution < 1.29 is 4.79 Å². The van der Waals surface area contributed by atoms with Gasteiger partial charge in [-0.3, -0.25) is 9.69 Å². The Kier molecular flexibility index (Phi) is 2.66. The zero-order valence-corrected chi connectivity index (χ0v) is 10.2. The van der Waals surface area contributed by atoms with Crippen LogP contribution in [0, 0.1) is 11.8 Å². The van der Waals surface area contributed by atoms with E-state index < -0.39 is 0 Å². The van der Waals surface area contributed by atoms with Crippen LogP contribution in [0.1, 0.15) is 32.6 Å². The van der Waals surface area contributed by atoms with Crippen LogP contribution in [0.25, 0.3) is 0 Å². The van der Waals surface area contributed by atoms with Gasteiger partial charge in [0, 0.05) is 26.1 Å². The normalized spacial score (nSPS) is 39.3. The fourth-order valence-electron chi connectivity index (χ4n) is 4.14. The van der Waals surface area contributed by atoms with Crippen LogP contribution in [-0.4, -0.2) is 47.9 Å². The molecule has 3 saturated heterocycles. The van der Waals surface area contributed by atoms with Crippen LogP contribution < -0.4 is 0 Å². The Morgan fingerprint density at radius 2 is 1.62 bits per heavy atom. The summed E-state index contributed by atoms with van der Waals surface area (Å²) in [5.41, 5.74) is 0. The van der Waals surface area contributed by atoms with E-state index in [0.717, 1.165) is 31.0 Å². The molecule has 0 aromatic rings. The Balaban J connectivity index is 1.80. The SMILES string of the molecule is CC(=O)N1C[C@H]2CCCN3CCC[C@@H](C1)C23. The molecule has 1 unspecified atom stereocenters. The second kappa shape index (κ2) is 4.02. The Morgan fingerprint density at radius 3 is 2.12 bits per heavy atom. The molecule has 90 valence electrons. The van der Waals surface area contributed by atoms with Gasteiger partial charge >= 0.3 is 0 Å². The summed E-state index contributed by atoms with van der Waals surface area (Å²) in [6, 6.07) is 0.804. The summed E-state index contributed by atoms with van der Waals surface area (Å²) in [6.45, 7) is 6.37. The maximum absolute atomic E-state index is 11.5. The number of hydrogen-bond acceptors (Lipinski definition) is 2. The highest BCUT2D eigenvalue weighted by Gasteiger charge is 2.44. The number of amides is 1. The molecule has 3 fully saturated rings. The van der Waals surface area contributed by atoms with Gasteiger partial charge in [-0.1, -0.05) is 0 Å². The lowest BCUT2D eigenvalue weighted by atomic mass is 9.73. The topological polar surface area (TPSA) is 23.6 Å². The van der Waals surface area contributed by atoms with E-state index in [9.17, 15) is 4.79 Å². The lowest BCUT2D eigenvalue weighted by Gasteiger charge is -2.54. The molecule has 3 heteroatoms. The van der Waals surface area contributed by atoms with Gasteiger partial charge in [0.1, 0.15) is 0 Å². The zero-order valence-electron chi connectivity index (χ0n) is 10.2. The molecule has 3 heterocycles. The Bertz CT molecular complexity index is 272. The Hall–Kier alpha value is -0.570. The quantitative estimate of drug-likeness (QED) is 0.617. The molecule has 0 aromatic heterocycles. The summed E-state index contributed by atoms with van der Waals surface area (Å²) in [5.74, 6) is 1.80. The summed E-state index contributed by atoms with van der Waals surface area (Å²) < 4.78 is 0. The predicted octanol–water partition coefficient (Wildman–Crippen LogP) is 1.34. The minimum absolute atomic E-state index is 0.279. The van der Waals surface area contributed by atoms with Gasteiger partial charge in [-0.05, 0) is 50.6 Å². The summed E-state index contributed by atoms with van der Waals surface area (Å²) >= 11 is 0. The standard InChI is InChI=1S/C13H22N2O/c1-10(16)15-8-11-4-2-6-14-7-3-5-12(9-15)13(11)14/h11-13H,2-9H2,1H3/t11-,12+,13?. The van der Waals surface area contributed by atoms with E-state index in [1.807, 2.05) is 0 Å². The fourth-order valence-corrected chi connectivity index (χ4v) is 4.14. The van der Waals surface area contributed by atoms with E-state index in [2.05, 4.69) is 9.80 Å². The smallest absolute Gasteiger partial charge is 0.219 e. The van der Waals surface area contributed by atoms with Crippen molar-refractivity contribution in [3.8, 4) is 0 Å². The fraction of sp³-hybridized carbons (Fsp3) is 0.923. The zero-order chi connectivity index (χ0) is 11.1. The van der Waals surface area contributed by atoms with E-state index in [4.69, 9.17) is 0 Å². The molecule has 0 saturated carbocycles. The van der Waals surface area contributed by atoms with Crippen molar-refractivity contribution in [1.29, 1.82) is 0 Å². The summed E-state index contributed by atoms with van der Waals surface area (Å²) in [4.78, 5) is 16.4. The first-order valence-electron chi connectivity index (χ1n) is 6.75. The van der Waals surface area contributed by atoms with Crippen LogP contribution in [-0.2, 0) is 4.79 Å². The number of piperidine rings is 3. The maximum atomic E-state index is 11.5. The van der Waals surface area contributed by atoms with Gasteiger partial charge in [-0.25, -0.2) is 0 Å². The first-order chi connectivity index (χ1) is 7.75. The second-order valence-electron chi connectivity index (χ2n) is 5.76. The molecule has 0 radical (unpaired) electrons. The molecule has 0 bridgehead atoms. The molecular weight excluding hydrogens is 200 g/mol. The second-order valence-corrected chi connectivity index (χ2v) is 5.76. The van der Waals surface area contributed by atoms with Crippen LogP contribution in [0.2, 0.25) is 0 Å². The van der Waals surface area contributed by atoms with Gasteiger partial charge in [0.25, 0.3) is 0 Å². The van der Waals surface area contributed by atoms with Crippen LogP contribution >= 0.6 is 0 Å². The molecule has 0 aromatic carbocycles. The van der Waals surface area contributed by atoms with E-state index in [1.54, 1.807) is 6.92 Å². The van der Waals surface area contributed by atoms with Crippen molar-refractivity contribution in [2.75, 3.05) is 26.2 Å². The molecule has 3 aliphatic heterocycles. The molecular formula is C13H22N2O. The molecule has 3 rings (SSSR count). The van der Waals surface area contributed by atoms with Crippen LogP contribution in [0.3, 0.4) is 0 Å². The van der Waals surface area contributed by atoms with Crippen molar-refractivity contribution in [2.45, 2.75) is 38.6 Å². The number of carbonyl (C=O) groups excluding carboxylic acids is 1. The lowest BCUT2D eigenvalue weighted by molar-refractivity contribution is -0.136. The van der Waals surface area contributed by atoms with Crippen LogP contribution in [0.5, 0.6) is 0 Å². The summed E-state index contributed by atoms with van der Waals surface area (Å²) in [6.07, 6.45) is 5.34. The maximum Gasteiger partial charge on any atom is 0.219 e. The van der Waals surface area contributed by atoms with Gasteiger partial charge < -0.3 is 4.90 Å². The molecule has 1 amide bonds. The Labute approximate surface area is 97.8 Å². The van der Waals surface area contributed by atoms with Crippen molar-refractivity contribution in [1.82, 2.24) is 9.80 Å². The third-order valence-electron chi connectivity index (χ3n) is 4.78. The van der Waals surface area contributed by atoms with Crippen LogP contribution in [0.15, 0.2) is 0 Å². The molecule has 0 aliphatic carbocycles. The van der Waals surface area contributed by atoms with Crippen molar-refractivity contribution in [3.63, 3.8) is 0 Å². The molecule has 0 spiro atoms. The van der Waals surface area contributed by atoms with Crippen molar-refractivity contribution in [3.05, 3.63) is 0 Å². The average molecular weight is 222 g/mol. The lowest BCUT2D eigenvalue weighted by Crippen LogP contribution is -2.61. The summed E-state index contributed by atoms with van der Waals surface area (Å²) in [7, 11) is 0. The van der Waals surface area contributed by atoms with E-state index >= 15 is 0 Å². The highest BCUT2D eigenvalue weighted by Crippen LogP contribution is 2.38. The third-order valence-corrected chi connectivity index (χ3v) is 4.78. The van der Waals surface area contributed by atoms with E-state index in [0.29, 0.717) is 0 Å². The molecule has 3 nitrogen and oxygen atoms in total. The molecule has 3 atom stereocenters. The van der Waals surface area contributed by atoms with Gasteiger partial charge in [0.05, 0.1) is 0 Å². The average Bonchev–Trinajstić information content (AvgIpc) is 2.29. The molecule has 16 heavy (non-hydrogen) atoms. The van der Waals surface area contributed by atoms with Crippen LogP contribution in [0.4, 0.5) is 0 Å². The highest BCUT2D eigenvalue weighted by atomic mass is 16.2. The van der Waals surface area contributed by atoms with Gasteiger partial charge in [0.15, 0.2) is 0 Å². The number of rotatable bonds is 0. The first kappa shape index (κ1) is 10.6. The minimum Gasteiger partial charge on any atom is -0.342 e. The number of hydrogen-bond donors (Lipinski definition) is 0. The molecule has 3 aliphatic rings. The van der Waals surface area contributed by atoms with Gasteiger partial charge in [0.2, 0.25) is 5.91 Å². The largest absolute Gasteiger partial charge is 0.342 e. The number of carbonyl (C=O) groups is 1. The summed E-state index contributed by atoms with van der Waals surface area (Å²) in [5, 5.41) is 0. The Morgan fingerprint density at radius 1 is 1.06 bits per heavy atom. The predicted molar refractivity (Wildman–Crippen MR) is 63.1 cm³/mol. The van der Waals surface area contributed by atoms with Crippen molar-refractivity contribution >= 4 is 5.91 Å². The van der Waals surface area contributed by atoms with Gasteiger partial charge in [-0.15, -0.1) is 0 Å². The van der Waals surface area contributed by atoms with Gasteiger partial charge in [-0.2, -0.15) is 0 Å². The number of nitrogens with zero attached hydrogens (tertiary/aromatic N) is 2. The van der Waals surface area contributed by atoms with E-state index in [-0.39, 0.29) is 5.91 Å². The molecule has 0 N–H and O–H groups in total. The highest BCUT2D eigenvalue weighted by molar-refractivity contribution is 5.73. The first-order valence-corrected chi connectivity index (χ1v) is 6.75. The monoisotopic (exact) mass is 222 g/mol. The van der Waals surface area contributed by atoms with Crippen molar-refractivity contribution in [2.24, 2.45) is 11.8 Å². The minimum atomic E-state index is 0.279. The van der Waals surface area contributed by atoms with E-state index in [1.165, 1.54) is 38.8 Å².